The number of ether oxygens (including phenoxy) is 1. The number of anilines is 5. The first-order chi connectivity index (χ1) is 35.2. The molecule has 0 radical (unpaired) electrons. The van der Waals surface area contributed by atoms with E-state index in [4.69, 9.17) is 59.1 Å². The Labute approximate surface area is 439 Å². The van der Waals surface area contributed by atoms with Crippen molar-refractivity contribution >= 4 is 112 Å². The largest absolute Gasteiger partial charge is 0.506 e. The molecule has 16 N–H and O–H groups in total. The van der Waals surface area contributed by atoms with Crippen molar-refractivity contribution in [1.29, 1.82) is 0 Å². The fraction of sp³-hybridized carbons (Fsp3) is 0.0625. The van der Waals surface area contributed by atoms with Crippen molar-refractivity contribution in [3.05, 3.63) is 150 Å². The Kier molecular flexibility index (Phi) is 21.0. The van der Waals surface area contributed by atoms with Crippen molar-refractivity contribution in [2.75, 3.05) is 35.8 Å². The van der Waals surface area contributed by atoms with Crippen LogP contribution in [0.1, 0.15) is 21.5 Å². The molecule has 388 valence electrons. The van der Waals surface area contributed by atoms with Crippen molar-refractivity contribution in [2.45, 2.75) is 28.5 Å². The van der Waals surface area contributed by atoms with E-state index < -0.39 is 21.8 Å². The number of phenolic OH excluding ortho intramolecular Hbond substituents is 1. The lowest BCUT2D eigenvalue weighted by atomic mass is 10.2. The summed E-state index contributed by atoms with van der Waals surface area (Å²) in [7, 11) is -2.84. The SMILES string of the molecule is COc1ccc(SOOO)cc1N.Cc1ccc2sc(-c3ccc4sc(-c5ccc(N)cc5)nc4c3)nc2c1S(=O)(=O)O.Cc1cccc(N)c1.Nc1cc(SOOO)c(O)c(C(=O)O)c1.Nc1ccccc1O. The number of fused-ring (bicyclic) bond motifs is 2. The molecule has 2 aromatic heterocycles. The molecular formula is C48H47N7O14S5. The first kappa shape index (κ1) is 57.5. The number of nitrogen functional groups attached to an aromatic ring is 5. The minimum absolute atomic E-state index is 0.0152. The van der Waals surface area contributed by atoms with Crippen LogP contribution in [-0.2, 0) is 28.9 Å². The molecule has 2 heterocycles. The zero-order valence-corrected chi connectivity index (χ0v) is 43.1. The van der Waals surface area contributed by atoms with Gasteiger partial charge in [0.1, 0.15) is 43.2 Å². The van der Waals surface area contributed by atoms with E-state index in [2.05, 4.69) is 23.7 Å². The molecule has 21 nitrogen and oxygen atoms in total. The van der Waals surface area contributed by atoms with Crippen LogP contribution < -0.4 is 33.4 Å². The Bertz CT molecular complexity index is 3420. The van der Waals surface area contributed by atoms with Gasteiger partial charge in [-0.25, -0.2) is 25.3 Å². The van der Waals surface area contributed by atoms with E-state index in [-0.39, 0.29) is 26.8 Å². The number of aromatic nitrogens is 2. The molecule has 0 spiro atoms. The lowest BCUT2D eigenvalue weighted by molar-refractivity contribution is -0.432. The zero-order chi connectivity index (χ0) is 54.1. The first-order valence-electron chi connectivity index (χ1n) is 20.8. The van der Waals surface area contributed by atoms with Gasteiger partial charge in [0, 0.05) is 33.1 Å². The topological polar surface area (TPSA) is 375 Å². The summed E-state index contributed by atoms with van der Waals surface area (Å²) in [5.41, 5.74) is 34.4. The van der Waals surface area contributed by atoms with Gasteiger partial charge in [0.05, 0.1) is 62.4 Å². The maximum absolute atomic E-state index is 11.9. The van der Waals surface area contributed by atoms with E-state index >= 15 is 0 Å². The molecule has 74 heavy (non-hydrogen) atoms. The zero-order valence-electron chi connectivity index (χ0n) is 39.0. The smallest absolute Gasteiger partial charge is 0.339 e. The lowest BCUT2D eigenvalue weighted by Crippen LogP contribution is -2.01. The van der Waals surface area contributed by atoms with Gasteiger partial charge in [0.2, 0.25) is 0 Å². The summed E-state index contributed by atoms with van der Waals surface area (Å²) in [6.45, 7) is 3.66. The van der Waals surface area contributed by atoms with Crippen molar-refractivity contribution in [2.24, 2.45) is 0 Å². The minimum atomic E-state index is -4.37. The monoisotopic (exact) mass is 1110 g/mol. The number of aromatic carboxylic acids is 1. The molecule has 26 heteroatoms. The number of carboxylic acids is 1. The van der Waals surface area contributed by atoms with Crippen LogP contribution in [0, 0.1) is 13.8 Å². The number of thiazole rings is 2. The van der Waals surface area contributed by atoms with Gasteiger partial charge in [-0.3, -0.25) is 4.55 Å². The molecule has 9 rings (SSSR count). The van der Waals surface area contributed by atoms with Gasteiger partial charge in [0.25, 0.3) is 10.1 Å². The Morgan fingerprint density at radius 2 is 1.30 bits per heavy atom. The van der Waals surface area contributed by atoms with Crippen LogP contribution in [-0.4, -0.2) is 61.9 Å². The van der Waals surface area contributed by atoms with E-state index in [0.29, 0.717) is 60.5 Å². The summed E-state index contributed by atoms with van der Waals surface area (Å²) in [4.78, 5) is 20.5. The number of hydrogen-bond acceptors (Lipinski definition) is 23. The highest BCUT2D eigenvalue weighted by Crippen LogP contribution is 2.38. The summed E-state index contributed by atoms with van der Waals surface area (Å²) in [5.74, 6) is -1.10. The maximum atomic E-state index is 11.9. The molecule has 9 aromatic rings. The second-order valence-electron chi connectivity index (χ2n) is 14.9. The highest BCUT2D eigenvalue weighted by molar-refractivity contribution is 7.94. The van der Waals surface area contributed by atoms with Crippen molar-refractivity contribution in [3.8, 4) is 38.4 Å². The average molecular weight is 1110 g/mol. The molecule has 0 aliphatic carbocycles. The van der Waals surface area contributed by atoms with Crippen molar-refractivity contribution in [3.63, 3.8) is 0 Å². The minimum Gasteiger partial charge on any atom is -0.506 e. The van der Waals surface area contributed by atoms with E-state index in [9.17, 15) is 22.9 Å². The maximum Gasteiger partial charge on any atom is 0.339 e. The number of hydrogen-bond donors (Lipinski definition) is 11. The normalized spacial score (nSPS) is 10.7. The summed E-state index contributed by atoms with van der Waals surface area (Å²) < 4.78 is 48.3. The third-order valence-corrected chi connectivity index (χ3v) is 14.0. The first-order valence-corrected chi connectivity index (χ1v) is 25.4. The van der Waals surface area contributed by atoms with Crippen LogP contribution in [0.2, 0.25) is 0 Å². The number of phenols is 2. The second-order valence-corrected chi connectivity index (χ2v) is 19.9. The molecule has 0 amide bonds. The van der Waals surface area contributed by atoms with Gasteiger partial charge >= 0.3 is 5.97 Å². The summed E-state index contributed by atoms with van der Waals surface area (Å²) in [6, 6.07) is 38.9. The lowest BCUT2D eigenvalue weighted by Gasteiger charge is -2.06. The molecule has 0 saturated heterocycles. The van der Waals surface area contributed by atoms with Gasteiger partial charge in [-0.2, -0.15) is 8.42 Å². The Balaban J connectivity index is 0.000000193. The molecule has 0 aliphatic heterocycles. The number of rotatable bonds is 11. The summed E-state index contributed by atoms with van der Waals surface area (Å²) in [5, 5.41) is 51.0. The molecule has 7 aromatic carbocycles. The van der Waals surface area contributed by atoms with E-state index in [1.54, 1.807) is 66.8 Å². The van der Waals surface area contributed by atoms with Crippen LogP contribution in [0.25, 0.3) is 41.6 Å². The quantitative estimate of drug-likeness (QED) is 0.0109. The second kappa shape index (κ2) is 27.0. The molecule has 0 saturated carbocycles. The summed E-state index contributed by atoms with van der Waals surface area (Å²) in [6.07, 6.45) is 0. The van der Waals surface area contributed by atoms with Crippen LogP contribution in [0.5, 0.6) is 17.2 Å². The Morgan fingerprint density at radius 1 is 0.649 bits per heavy atom. The third kappa shape index (κ3) is 16.3. The predicted molar refractivity (Wildman–Crippen MR) is 289 cm³/mol. The number of aryl methyl sites for hydroxylation is 2. The van der Waals surface area contributed by atoms with Crippen LogP contribution in [0.4, 0.5) is 28.4 Å². The number of aromatic hydroxyl groups is 2. The number of nitrogens with zero attached hydrogens (tertiary/aromatic N) is 2. The van der Waals surface area contributed by atoms with Crippen molar-refractivity contribution < 1.29 is 67.1 Å². The van der Waals surface area contributed by atoms with Gasteiger partial charge in [-0.05, 0) is 122 Å². The summed E-state index contributed by atoms with van der Waals surface area (Å²) >= 11 is 4.24. The van der Waals surface area contributed by atoms with Gasteiger partial charge in [0.15, 0.2) is 0 Å². The third-order valence-electron chi connectivity index (χ3n) is 9.58. The Hall–Kier alpha value is -7.44. The van der Waals surface area contributed by atoms with Gasteiger partial charge < -0.3 is 48.7 Å². The number of nitrogens with two attached hydrogens (primary N) is 5. The number of benzene rings is 7. The number of carboxylic acid groups (broad SMARTS) is 1. The molecule has 0 atom stereocenters. The fourth-order valence-electron chi connectivity index (χ4n) is 6.21. The van der Waals surface area contributed by atoms with E-state index in [1.165, 1.54) is 30.1 Å². The molecule has 0 fully saturated rings. The van der Waals surface area contributed by atoms with Gasteiger partial charge in [-0.1, -0.05) is 46.5 Å². The number of methoxy groups -OCH3 is 1. The fourth-order valence-corrected chi connectivity index (χ4v) is 9.96. The Morgan fingerprint density at radius 3 is 1.88 bits per heavy atom. The number of para-hydroxylation sites is 2. The van der Waals surface area contributed by atoms with Gasteiger partial charge in [-0.15, -0.1) is 31.3 Å². The van der Waals surface area contributed by atoms with Crippen molar-refractivity contribution in [1.82, 2.24) is 9.97 Å². The molecular weight excluding hydrogens is 1060 g/mol. The molecule has 0 unspecified atom stereocenters. The highest BCUT2D eigenvalue weighted by Gasteiger charge is 2.21. The average Bonchev–Trinajstić information content (AvgIpc) is 3.99. The van der Waals surface area contributed by atoms with Crippen LogP contribution in [0.3, 0.4) is 0 Å². The van der Waals surface area contributed by atoms with E-state index in [0.717, 1.165) is 50.1 Å². The molecule has 0 bridgehead atoms. The van der Waals surface area contributed by atoms with Crippen LogP contribution >= 0.6 is 46.8 Å². The van der Waals surface area contributed by atoms with Crippen LogP contribution in [0.15, 0.2) is 148 Å². The predicted octanol–water partition coefficient (Wildman–Crippen LogP) is 10.7. The molecule has 0 aliphatic rings. The van der Waals surface area contributed by atoms with E-state index in [1.807, 2.05) is 79.7 Å². The standard InChI is InChI=1S/C21H15N3O3S3.C7H7NO6S.C7H9NO4S.C7H9N.C6H7NO/c1-11-2-8-17-18(19(11)30(25,26)27)24-21(29-17)13-5-9-16-15(10-13)23-20(28-16)12-3-6-14(22)7-4-12;8-3-1-4(7(10)11)6(9)5(2-3)15-14-13-12;1-10-7-3-2-5(4-6(7)8)13-12-11-9;1-6-3-2-4-7(8)5-6;7-5-3-1-2-4-6(5)8/h2-10H,22H2,1H3,(H,25,26,27);1-2,9,12H,8H2,(H,10,11);2-4,9H,8H2,1H3;2-5H,8H2,1H3;1-4,8H,7H2. The number of carbonyl (C=O) groups is 1. The highest BCUT2D eigenvalue weighted by atomic mass is 32.2.